The Hall–Kier alpha value is -1.51. The molecule has 0 amide bonds. The average Bonchev–Trinajstić information content (AvgIpc) is 3.01. The number of allylic oxidation sites excluding steroid dienone is 2. The van der Waals surface area contributed by atoms with Crippen molar-refractivity contribution in [1.82, 2.24) is 5.32 Å². The molecule has 0 saturated carbocycles. The van der Waals surface area contributed by atoms with Crippen molar-refractivity contribution in [2.75, 3.05) is 0 Å². The molecule has 2 unspecified atom stereocenters. The molecule has 2 atom stereocenters. The van der Waals surface area contributed by atoms with Gasteiger partial charge in [-0.2, -0.15) is 0 Å². The molecular formula is C20H32N2O. The second kappa shape index (κ2) is 8.37. The molecule has 23 heavy (non-hydrogen) atoms. The molecule has 2 rings (SSSR count). The monoisotopic (exact) mass is 316 g/mol. The van der Waals surface area contributed by atoms with Crippen LogP contribution in [0.15, 0.2) is 33.1 Å². The summed E-state index contributed by atoms with van der Waals surface area (Å²) in [5.74, 6) is 2.34. The van der Waals surface area contributed by atoms with Crippen molar-refractivity contribution in [3.63, 3.8) is 0 Å². The number of rotatable bonds is 7. The molecule has 1 aromatic rings. The van der Waals surface area contributed by atoms with Gasteiger partial charge in [0.05, 0.1) is 18.0 Å². The second-order valence-corrected chi connectivity index (χ2v) is 6.91. The number of hydrogen-bond donors (Lipinski definition) is 1. The lowest BCUT2D eigenvalue weighted by Crippen LogP contribution is -2.23. The summed E-state index contributed by atoms with van der Waals surface area (Å²) < 4.78 is 5.59. The highest BCUT2D eigenvalue weighted by Crippen LogP contribution is 2.31. The van der Waals surface area contributed by atoms with E-state index in [1.165, 1.54) is 23.4 Å². The third-order valence-corrected chi connectivity index (χ3v) is 4.96. The Bertz CT molecular complexity index is 554. The van der Waals surface area contributed by atoms with Crippen molar-refractivity contribution < 1.29 is 4.42 Å². The van der Waals surface area contributed by atoms with Gasteiger partial charge in [0, 0.05) is 23.9 Å². The molecule has 1 aliphatic carbocycles. The first kappa shape index (κ1) is 17.8. The van der Waals surface area contributed by atoms with Crippen LogP contribution in [-0.2, 0) is 6.42 Å². The minimum Gasteiger partial charge on any atom is -0.469 e. The number of hydrogen-bond acceptors (Lipinski definition) is 3. The van der Waals surface area contributed by atoms with Gasteiger partial charge in [0.2, 0.25) is 0 Å². The molecule has 0 fully saturated rings. The molecule has 1 N–H and O–H groups in total. The maximum absolute atomic E-state index is 5.59. The highest BCUT2D eigenvalue weighted by molar-refractivity contribution is 5.62. The van der Waals surface area contributed by atoms with E-state index in [-0.39, 0.29) is 0 Å². The summed E-state index contributed by atoms with van der Waals surface area (Å²) in [6, 6.07) is 2.47. The van der Waals surface area contributed by atoms with E-state index in [9.17, 15) is 0 Å². The molecular weight excluding hydrogens is 284 g/mol. The van der Waals surface area contributed by atoms with E-state index in [2.05, 4.69) is 52.2 Å². The van der Waals surface area contributed by atoms with Gasteiger partial charge in [0.1, 0.15) is 5.76 Å². The van der Waals surface area contributed by atoms with Crippen LogP contribution in [0.1, 0.15) is 77.7 Å². The quantitative estimate of drug-likeness (QED) is 0.661. The zero-order valence-electron chi connectivity index (χ0n) is 15.4. The molecule has 0 saturated heterocycles. The Morgan fingerprint density at radius 3 is 2.87 bits per heavy atom. The molecule has 0 bridgehead atoms. The summed E-state index contributed by atoms with van der Waals surface area (Å²) in [6.07, 6.45) is 9.47. The lowest BCUT2D eigenvalue weighted by atomic mass is 9.93. The van der Waals surface area contributed by atoms with Gasteiger partial charge >= 0.3 is 0 Å². The minimum atomic E-state index is 0.362. The predicted molar refractivity (Wildman–Crippen MR) is 97.6 cm³/mol. The number of nitrogens with one attached hydrogen (secondary N) is 1. The van der Waals surface area contributed by atoms with Gasteiger partial charge in [-0.05, 0) is 50.5 Å². The van der Waals surface area contributed by atoms with E-state index in [0.717, 1.165) is 31.4 Å². The van der Waals surface area contributed by atoms with Crippen LogP contribution in [0.2, 0.25) is 0 Å². The van der Waals surface area contributed by atoms with Gasteiger partial charge in [-0.15, -0.1) is 0 Å². The summed E-state index contributed by atoms with van der Waals surface area (Å²) >= 11 is 0. The number of fused-ring (bicyclic) bond motifs is 1. The van der Waals surface area contributed by atoms with Crippen molar-refractivity contribution >= 4 is 6.21 Å². The fourth-order valence-electron chi connectivity index (χ4n) is 3.37. The Kier molecular flexibility index (Phi) is 6.49. The Morgan fingerprint density at radius 1 is 1.43 bits per heavy atom. The highest BCUT2D eigenvalue weighted by Gasteiger charge is 2.22. The SMILES string of the molecule is CC/C(N=CC(CC)C(C)C)=C(/C)NC1CCCc2occc21. The second-order valence-electron chi connectivity index (χ2n) is 6.91. The summed E-state index contributed by atoms with van der Waals surface area (Å²) in [6.45, 7) is 11.1. The molecule has 1 aromatic heterocycles. The Balaban J connectivity index is 2.11. The molecule has 1 aliphatic rings. The van der Waals surface area contributed by atoms with Crippen LogP contribution in [-0.4, -0.2) is 6.21 Å². The van der Waals surface area contributed by atoms with Crippen LogP contribution in [0.25, 0.3) is 0 Å². The molecule has 128 valence electrons. The van der Waals surface area contributed by atoms with Gasteiger partial charge < -0.3 is 9.73 Å². The van der Waals surface area contributed by atoms with Crippen molar-refractivity contribution in [2.24, 2.45) is 16.8 Å². The van der Waals surface area contributed by atoms with E-state index in [1.54, 1.807) is 0 Å². The van der Waals surface area contributed by atoms with Crippen LogP contribution in [0.4, 0.5) is 0 Å². The van der Waals surface area contributed by atoms with Crippen LogP contribution < -0.4 is 5.32 Å². The van der Waals surface area contributed by atoms with Crippen LogP contribution in [0.5, 0.6) is 0 Å². The number of nitrogens with zero attached hydrogens (tertiary/aromatic N) is 1. The first-order valence-corrected chi connectivity index (χ1v) is 9.13. The summed E-state index contributed by atoms with van der Waals surface area (Å²) in [5.41, 5.74) is 3.68. The molecule has 0 aliphatic heterocycles. The fraction of sp³-hybridized carbons (Fsp3) is 0.650. The summed E-state index contributed by atoms with van der Waals surface area (Å²) in [4.78, 5) is 4.81. The molecule has 0 radical (unpaired) electrons. The molecule has 0 aromatic carbocycles. The largest absolute Gasteiger partial charge is 0.469 e. The third kappa shape index (κ3) is 4.49. The number of aliphatic imine (C=N–C) groups is 1. The van der Waals surface area contributed by atoms with Crippen molar-refractivity contribution in [2.45, 2.75) is 72.8 Å². The average molecular weight is 316 g/mol. The van der Waals surface area contributed by atoms with E-state index >= 15 is 0 Å². The lowest BCUT2D eigenvalue weighted by Gasteiger charge is -2.25. The number of aryl methyl sites for hydroxylation is 1. The van der Waals surface area contributed by atoms with Crippen LogP contribution in [0, 0.1) is 11.8 Å². The van der Waals surface area contributed by atoms with E-state index < -0.39 is 0 Å². The fourth-order valence-corrected chi connectivity index (χ4v) is 3.37. The maximum atomic E-state index is 5.59. The van der Waals surface area contributed by atoms with E-state index in [1.807, 2.05) is 6.26 Å². The van der Waals surface area contributed by atoms with Gasteiger partial charge in [0.25, 0.3) is 0 Å². The third-order valence-electron chi connectivity index (χ3n) is 4.96. The van der Waals surface area contributed by atoms with Gasteiger partial charge in [0.15, 0.2) is 0 Å². The van der Waals surface area contributed by atoms with Gasteiger partial charge in [-0.1, -0.05) is 27.7 Å². The van der Waals surface area contributed by atoms with E-state index in [4.69, 9.17) is 9.41 Å². The van der Waals surface area contributed by atoms with Gasteiger partial charge in [-0.3, -0.25) is 4.99 Å². The smallest absolute Gasteiger partial charge is 0.109 e. The molecule has 1 heterocycles. The zero-order valence-corrected chi connectivity index (χ0v) is 15.4. The summed E-state index contributed by atoms with van der Waals surface area (Å²) in [7, 11) is 0. The zero-order chi connectivity index (χ0) is 16.8. The Morgan fingerprint density at radius 2 is 2.22 bits per heavy atom. The first-order chi connectivity index (χ1) is 11.1. The molecule has 3 heteroatoms. The molecule has 3 nitrogen and oxygen atoms in total. The topological polar surface area (TPSA) is 37.5 Å². The van der Waals surface area contributed by atoms with Crippen molar-refractivity contribution in [3.05, 3.63) is 35.0 Å². The van der Waals surface area contributed by atoms with Crippen LogP contribution >= 0.6 is 0 Å². The van der Waals surface area contributed by atoms with Gasteiger partial charge in [-0.25, -0.2) is 0 Å². The summed E-state index contributed by atoms with van der Waals surface area (Å²) in [5, 5.41) is 3.69. The number of furan rings is 1. The predicted octanol–water partition coefficient (Wildman–Crippen LogP) is 5.64. The van der Waals surface area contributed by atoms with E-state index in [0.29, 0.717) is 17.9 Å². The van der Waals surface area contributed by atoms with Crippen molar-refractivity contribution in [3.8, 4) is 0 Å². The normalized spacial score (nSPS) is 20.5. The Labute approximate surface area is 141 Å². The molecule has 0 spiro atoms. The minimum absolute atomic E-state index is 0.362. The van der Waals surface area contributed by atoms with Crippen molar-refractivity contribution in [1.29, 1.82) is 0 Å². The highest BCUT2D eigenvalue weighted by atomic mass is 16.3. The maximum Gasteiger partial charge on any atom is 0.109 e. The standard InChI is InChI=1S/C20H32N2O/c1-6-16(14(3)4)13-21-18(7-2)15(5)22-19-9-8-10-20-17(19)11-12-23-20/h11-14,16,19,22H,6-10H2,1-5H3/b18-15+,21-13?. The van der Waals surface area contributed by atoms with Crippen LogP contribution in [0.3, 0.4) is 0 Å². The first-order valence-electron chi connectivity index (χ1n) is 9.13. The lowest BCUT2D eigenvalue weighted by molar-refractivity contribution is 0.428.